The van der Waals surface area contributed by atoms with Gasteiger partial charge in [0.2, 0.25) is 10.0 Å². The van der Waals surface area contributed by atoms with E-state index in [1.165, 1.54) is 10.6 Å². The first kappa shape index (κ1) is 17.2. The van der Waals surface area contributed by atoms with Crippen LogP contribution in [0.3, 0.4) is 0 Å². The van der Waals surface area contributed by atoms with E-state index < -0.39 is 10.0 Å². The van der Waals surface area contributed by atoms with Gasteiger partial charge in [0.1, 0.15) is 0 Å². The van der Waals surface area contributed by atoms with Crippen molar-refractivity contribution in [2.24, 2.45) is 5.92 Å². The molecule has 7 nitrogen and oxygen atoms in total. The van der Waals surface area contributed by atoms with Gasteiger partial charge in [-0.3, -0.25) is 4.98 Å². The van der Waals surface area contributed by atoms with Crippen LogP contribution in [0.15, 0.2) is 24.5 Å². The average molecular weight is 352 g/mol. The highest BCUT2D eigenvalue weighted by Gasteiger charge is 2.36. The molecule has 2 fully saturated rings. The number of carbonyl (C=O) groups excluding carboxylic acids is 1. The zero-order chi connectivity index (χ0) is 17.3. The van der Waals surface area contributed by atoms with E-state index in [1.54, 1.807) is 17.3 Å². The summed E-state index contributed by atoms with van der Waals surface area (Å²) in [5, 5.41) is 3.12. The van der Waals surface area contributed by atoms with Gasteiger partial charge in [0.05, 0.1) is 12.3 Å². The molecule has 8 heteroatoms. The lowest BCUT2D eigenvalue weighted by atomic mass is 10.0. The van der Waals surface area contributed by atoms with Gasteiger partial charge in [-0.05, 0) is 37.3 Å². The summed E-state index contributed by atoms with van der Waals surface area (Å²) >= 11 is 0. The van der Waals surface area contributed by atoms with Crippen molar-refractivity contribution in [2.75, 3.05) is 25.9 Å². The molecular formula is C16H24N4O3S. The van der Waals surface area contributed by atoms with Crippen LogP contribution in [0.1, 0.15) is 31.4 Å². The molecule has 2 atom stereocenters. The van der Waals surface area contributed by atoms with E-state index in [-0.39, 0.29) is 18.1 Å². The van der Waals surface area contributed by atoms with Crippen LogP contribution >= 0.6 is 0 Å². The fraction of sp³-hybridized carbons (Fsp3) is 0.625. The third-order valence-electron chi connectivity index (χ3n) is 4.70. The minimum Gasteiger partial charge on any atom is -0.331 e. The van der Waals surface area contributed by atoms with E-state index in [2.05, 4.69) is 10.3 Å². The molecule has 132 valence electrons. The lowest BCUT2D eigenvalue weighted by Gasteiger charge is -2.38. The molecule has 0 aromatic carbocycles. The molecule has 0 spiro atoms. The van der Waals surface area contributed by atoms with Gasteiger partial charge in [-0.1, -0.05) is 6.07 Å². The van der Waals surface area contributed by atoms with Crippen LogP contribution in [0.4, 0.5) is 4.79 Å². The van der Waals surface area contributed by atoms with Crippen molar-refractivity contribution in [1.82, 2.24) is 19.5 Å². The fourth-order valence-corrected chi connectivity index (χ4v) is 4.44. The number of rotatable bonds is 4. The number of aromatic nitrogens is 1. The summed E-state index contributed by atoms with van der Waals surface area (Å²) < 4.78 is 24.9. The van der Waals surface area contributed by atoms with Gasteiger partial charge in [-0.15, -0.1) is 0 Å². The number of carbonyl (C=O) groups is 1. The molecule has 2 amide bonds. The van der Waals surface area contributed by atoms with Crippen molar-refractivity contribution in [3.05, 3.63) is 30.1 Å². The standard InChI is InChI=1S/C16H24N4O3S/c1-12-11-19(8-9-20(12)24(2,22)23)16(21)18-15(13-5-6-13)14-4-3-7-17-10-14/h3-4,7,10,12-13,15H,5-6,8-9,11H2,1-2H3,(H,18,21)/t12-,15?/m0/s1. The van der Waals surface area contributed by atoms with Crippen LogP contribution in [-0.2, 0) is 10.0 Å². The Morgan fingerprint density at radius 2 is 2.12 bits per heavy atom. The summed E-state index contributed by atoms with van der Waals surface area (Å²) in [6.45, 7) is 2.99. The summed E-state index contributed by atoms with van der Waals surface area (Å²) in [5.41, 5.74) is 1.02. The van der Waals surface area contributed by atoms with Gasteiger partial charge in [-0.25, -0.2) is 13.2 Å². The number of nitrogens with zero attached hydrogens (tertiary/aromatic N) is 3. The first-order valence-electron chi connectivity index (χ1n) is 8.28. The largest absolute Gasteiger partial charge is 0.331 e. The van der Waals surface area contributed by atoms with Crippen molar-refractivity contribution >= 4 is 16.1 Å². The Kier molecular flexibility index (Phi) is 4.78. The maximum atomic E-state index is 12.6. The smallest absolute Gasteiger partial charge is 0.317 e. The zero-order valence-corrected chi connectivity index (χ0v) is 14.9. The molecule has 1 aliphatic heterocycles. The van der Waals surface area contributed by atoms with Crippen LogP contribution in [0, 0.1) is 5.92 Å². The third-order valence-corrected chi connectivity index (χ3v) is 6.09. The van der Waals surface area contributed by atoms with Crippen LogP contribution in [-0.4, -0.2) is 60.6 Å². The second kappa shape index (κ2) is 6.68. The second-order valence-electron chi connectivity index (χ2n) is 6.72. The van der Waals surface area contributed by atoms with Gasteiger partial charge in [0.15, 0.2) is 0 Å². The van der Waals surface area contributed by atoms with Gasteiger partial charge in [-0.2, -0.15) is 4.31 Å². The lowest BCUT2D eigenvalue weighted by Crippen LogP contribution is -2.57. The molecule has 3 rings (SSSR count). The predicted octanol–water partition coefficient (Wildman–Crippen LogP) is 1.21. The molecule has 1 aliphatic carbocycles. The van der Waals surface area contributed by atoms with Gasteiger partial charge >= 0.3 is 6.03 Å². The molecule has 2 heterocycles. The number of nitrogens with one attached hydrogen (secondary N) is 1. The highest BCUT2D eigenvalue weighted by atomic mass is 32.2. The maximum absolute atomic E-state index is 12.6. The average Bonchev–Trinajstić information content (AvgIpc) is 3.36. The number of pyridine rings is 1. The molecule has 2 aliphatic rings. The predicted molar refractivity (Wildman–Crippen MR) is 90.8 cm³/mol. The molecule has 1 aromatic heterocycles. The quantitative estimate of drug-likeness (QED) is 0.883. The van der Waals surface area contributed by atoms with Gasteiger partial charge in [0, 0.05) is 38.1 Å². The number of amides is 2. The summed E-state index contributed by atoms with van der Waals surface area (Å²) in [6, 6.07) is 3.51. The number of sulfonamides is 1. The van der Waals surface area contributed by atoms with Crippen molar-refractivity contribution in [3.8, 4) is 0 Å². The van der Waals surface area contributed by atoms with Crippen molar-refractivity contribution in [1.29, 1.82) is 0 Å². The van der Waals surface area contributed by atoms with Gasteiger partial charge in [0.25, 0.3) is 0 Å². The molecule has 1 saturated carbocycles. The van der Waals surface area contributed by atoms with Crippen LogP contribution < -0.4 is 5.32 Å². The number of urea groups is 1. The van der Waals surface area contributed by atoms with E-state index in [1.807, 2.05) is 19.1 Å². The molecule has 1 N–H and O–H groups in total. The van der Waals surface area contributed by atoms with Crippen LogP contribution in [0.2, 0.25) is 0 Å². The molecule has 24 heavy (non-hydrogen) atoms. The summed E-state index contributed by atoms with van der Waals surface area (Å²) in [7, 11) is -3.23. The summed E-state index contributed by atoms with van der Waals surface area (Å²) in [5.74, 6) is 0.466. The minimum absolute atomic E-state index is 0.0190. The zero-order valence-electron chi connectivity index (χ0n) is 14.1. The van der Waals surface area contributed by atoms with Crippen molar-refractivity contribution < 1.29 is 13.2 Å². The number of hydrogen-bond donors (Lipinski definition) is 1. The summed E-state index contributed by atoms with van der Waals surface area (Å²) in [6.07, 6.45) is 6.95. The molecule has 1 saturated heterocycles. The molecule has 0 bridgehead atoms. The Labute approximate surface area is 143 Å². The van der Waals surface area contributed by atoms with Crippen molar-refractivity contribution in [3.63, 3.8) is 0 Å². The second-order valence-corrected chi connectivity index (χ2v) is 8.65. The lowest BCUT2D eigenvalue weighted by molar-refractivity contribution is 0.144. The van der Waals surface area contributed by atoms with Crippen LogP contribution in [0.25, 0.3) is 0 Å². The summed E-state index contributed by atoms with van der Waals surface area (Å²) in [4.78, 5) is 18.5. The normalized spacial score (nSPS) is 23.8. The Balaban J connectivity index is 1.65. The number of hydrogen-bond acceptors (Lipinski definition) is 4. The van der Waals surface area contributed by atoms with Gasteiger partial charge < -0.3 is 10.2 Å². The van der Waals surface area contributed by atoms with E-state index in [0.717, 1.165) is 18.4 Å². The Morgan fingerprint density at radius 1 is 1.38 bits per heavy atom. The Hall–Kier alpha value is -1.67. The van der Waals surface area contributed by atoms with Crippen LogP contribution in [0.5, 0.6) is 0 Å². The monoisotopic (exact) mass is 352 g/mol. The van der Waals surface area contributed by atoms with E-state index in [4.69, 9.17) is 0 Å². The number of piperazine rings is 1. The molecule has 1 unspecified atom stereocenters. The highest BCUT2D eigenvalue weighted by Crippen LogP contribution is 2.40. The topological polar surface area (TPSA) is 82.6 Å². The van der Waals surface area contributed by atoms with E-state index in [9.17, 15) is 13.2 Å². The SMILES string of the molecule is C[C@H]1CN(C(=O)NC(c2cccnc2)C2CC2)CCN1S(C)(=O)=O. The first-order valence-corrected chi connectivity index (χ1v) is 10.1. The Bertz CT molecular complexity index is 691. The first-order chi connectivity index (χ1) is 11.4. The fourth-order valence-electron chi connectivity index (χ4n) is 3.31. The third kappa shape index (κ3) is 3.87. The highest BCUT2D eigenvalue weighted by molar-refractivity contribution is 7.88. The molecule has 0 radical (unpaired) electrons. The van der Waals surface area contributed by atoms with Crippen molar-refractivity contribution in [2.45, 2.75) is 31.8 Å². The van der Waals surface area contributed by atoms with E-state index >= 15 is 0 Å². The Morgan fingerprint density at radius 3 is 2.67 bits per heavy atom. The maximum Gasteiger partial charge on any atom is 0.317 e. The molecular weight excluding hydrogens is 328 g/mol. The minimum atomic E-state index is -3.23. The molecule has 1 aromatic rings. The van der Waals surface area contributed by atoms with E-state index in [0.29, 0.717) is 25.6 Å².